The Hall–Kier alpha value is -1.45. The SMILES string of the molecule is O=C(CC12CC3CC(CC(C3)C1)C2)Nc1cc(F)ccc1F. The van der Waals surface area contributed by atoms with Gasteiger partial charge in [0, 0.05) is 12.5 Å². The topological polar surface area (TPSA) is 29.1 Å². The van der Waals surface area contributed by atoms with Crippen molar-refractivity contribution in [3.8, 4) is 0 Å². The predicted octanol–water partition coefficient (Wildman–Crippen LogP) is 4.51. The second kappa shape index (κ2) is 5.04. The van der Waals surface area contributed by atoms with Gasteiger partial charge in [0.2, 0.25) is 5.91 Å². The third-order valence-corrected chi connectivity index (χ3v) is 5.90. The van der Waals surface area contributed by atoms with Gasteiger partial charge in [-0.2, -0.15) is 0 Å². The average molecular weight is 305 g/mol. The number of amides is 1. The van der Waals surface area contributed by atoms with E-state index in [1.807, 2.05) is 0 Å². The van der Waals surface area contributed by atoms with Gasteiger partial charge in [0.1, 0.15) is 11.6 Å². The zero-order valence-corrected chi connectivity index (χ0v) is 12.6. The van der Waals surface area contributed by atoms with Crippen molar-refractivity contribution in [3.05, 3.63) is 29.8 Å². The Morgan fingerprint density at radius 3 is 2.27 bits per heavy atom. The van der Waals surface area contributed by atoms with Gasteiger partial charge in [-0.15, -0.1) is 0 Å². The monoisotopic (exact) mass is 305 g/mol. The van der Waals surface area contributed by atoms with E-state index < -0.39 is 11.6 Å². The van der Waals surface area contributed by atoms with Crippen molar-refractivity contribution in [2.45, 2.75) is 44.9 Å². The van der Waals surface area contributed by atoms with Gasteiger partial charge in [0.25, 0.3) is 0 Å². The zero-order valence-electron chi connectivity index (χ0n) is 12.6. The summed E-state index contributed by atoms with van der Waals surface area (Å²) in [6, 6.07) is 3.16. The van der Waals surface area contributed by atoms with Crippen LogP contribution in [0.2, 0.25) is 0 Å². The minimum atomic E-state index is -0.583. The van der Waals surface area contributed by atoms with Crippen molar-refractivity contribution in [3.63, 3.8) is 0 Å². The van der Waals surface area contributed by atoms with Crippen LogP contribution in [0.3, 0.4) is 0 Å². The lowest BCUT2D eigenvalue weighted by Crippen LogP contribution is -2.47. The van der Waals surface area contributed by atoms with Gasteiger partial charge in [-0.25, -0.2) is 8.78 Å². The Morgan fingerprint density at radius 1 is 1.09 bits per heavy atom. The normalized spacial score (nSPS) is 35.6. The summed E-state index contributed by atoms with van der Waals surface area (Å²) >= 11 is 0. The number of nitrogens with one attached hydrogen (secondary N) is 1. The summed E-state index contributed by atoms with van der Waals surface area (Å²) in [5, 5.41) is 2.57. The number of hydrogen-bond donors (Lipinski definition) is 1. The lowest BCUT2D eigenvalue weighted by molar-refractivity contribution is -0.124. The maximum absolute atomic E-state index is 13.6. The van der Waals surface area contributed by atoms with Crippen LogP contribution in [0.1, 0.15) is 44.9 Å². The molecule has 4 aliphatic carbocycles. The third kappa shape index (κ3) is 2.53. The smallest absolute Gasteiger partial charge is 0.225 e. The van der Waals surface area contributed by atoms with Gasteiger partial charge in [-0.3, -0.25) is 4.79 Å². The summed E-state index contributed by atoms with van der Waals surface area (Å²) in [6.45, 7) is 0. The second-order valence-electron chi connectivity index (χ2n) is 7.77. The van der Waals surface area contributed by atoms with Gasteiger partial charge >= 0.3 is 0 Å². The predicted molar refractivity (Wildman–Crippen MR) is 80.2 cm³/mol. The molecule has 1 amide bonds. The Balaban J connectivity index is 1.47. The molecule has 2 nitrogen and oxygen atoms in total. The Labute approximate surface area is 129 Å². The number of rotatable bonds is 3. The molecule has 4 saturated carbocycles. The fourth-order valence-corrected chi connectivity index (χ4v) is 5.63. The highest BCUT2D eigenvalue weighted by Crippen LogP contribution is 2.61. The van der Waals surface area contributed by atoms with Crippen LogP contribution in [0.5, 0.6) is 0 Å². The molecule has 0 spiro atoms. The van der Waals surface area contributed by atoms with E-state index in [-0.39, 0.29) is 17.0 Å². The zero-order chi connectivity index (χ0) is 15.3. The number of hydrogen-bond acceptors (Lipinski definition) is 1. The fourth-order valence-electron chi connectivity index (χ4n) is 5.63. The number of anilines is 1. The van der Waals surface area contributed by atoms with Crippen LogP contribution in [0.4, 0.5) is 14.5 Å². The molecule has 0 unspecified atom stereocenters. The van der Waals surface area contributed by atoms with E-state index >= 15 is 0 Å². The van der Waals surface area contributed by atoms with Gasteiger partial charge in [0.15, 0.2) is 0 Å². The summed E-state index contributed by atoms with van der Waals surface area (Å²) < 4.78 is 26.8. The Bertz CT molecular complexity index is 578. The first-order valence-corrected chi connectivity index (χ1v) is 8.26. The molecule has 0 heterocycles. The molecule has 118 valence electrons. The maximum Gasteiger partial charge on any atom is 0.225 e. The lowest BCUT2D eigenvalue weighted by Gasteiger charge is -2.56. The molecule has 4 heteroatoms. The number of halogens is 2. The molecule has 0 radical (unpaired) electrons. The van der Waals surface area contributed by atoms with E-state index in [4.69, 9.17) is 0 Å². The summed E-state index contributed by atoms with van der Waals surface area (Å²) in [6.07, 6.45) is 7.86. The van der Waals surface area contributed by atoms with E-state index in [2.05, 4.69) is 5.32 Å². The Kier molecular flexibility index (Phi) is 3.24. The number of carbonyl (C=O) groups is 1. The maximum atomic E-state index is 13.6. The van der Waals surface area contributed by atoms with Crippen LogP contribution >= 0.6 is 0 Å². The highest BCUT2D eigenvalue weighted by molar-refractivity contribution is 5.91. The molecule has 0 aliphatic heterocycles. The van der Waals surface area contributed by atoms with Crippen molar-refractivity contribution >= 4 is 11.6 Å². The van der Waals surface area contributed by atoms with E-state index in [1.165, 1.54) is 19.3 Å². The van der Waals surface area contributed by atoms with Crippen LogP contribution in [-0.2, 0) is 4.79 Å². The van der Waals surface area contributed by atoms with E-state index in [9.17, 15) is 13.6 Å². The molecule has 1 N–H and O–H groups in total. The van der Waals surface area contributed by atoms with Gasteiger partial charge < -0.3 is 5.32 Å². The molecule has 1 aromatic carbocycles. The summed E-state index contributed by atoms with van der Waals surface area (Å²) in [5.74, 6) is 1.05. The molecule has 4 aliphatic rings. The van der Waals surface area contributed by atoms with E-state index in [0.717, 1.165) is 55.2 Å². The Morgan fingerprint density at radius 2 is 1.68 bits per heavy atom. The summed E-state index contributed by atoms with van der Waals surface area (Å²) in [4.78, 5) is 12.4. The van der Waals surface area contributed by atoms with E-state index in [1.54, 1.807) is 0 Å². The molecule has 0 atom stereocenters. The number of carbonyl (C=O) groups excluding carboxylic acids is 1. The summed E-state index contributed by atoms with van der Waals surface area (Å²) in [7, 11) is 0. The standard InChI is InChI=1S/C18H21F2NO/c19-14-1-2-15(20)16(6-14)21-17(22)10-18-7-11-3-12(8-18)5-13(4-11)9-18/h1-2,6,11-13H,3-5,7-10H2,(H,21,22). The first-order valence-electron chi connectivity index (χ1n) is 8.26. The largest absolute Gasteiger partial charge is 0.323 e. The van der Waals surface area contributed by atoms with Crippen LogP contribution in [0.15, 0.2) is 18.2 Å². The van der Waals surface area contributed by atoms with Gasteiger partial charge in [-0.1, -0.05) is 0 Å². The van der Waals surface area contributed by atoms with Crippen molar-refractivity contribution in [2.24, 2.45) is 23.2 Å². The molecule has 22 heavy (non-hydrogen) atoms. The molecule has 0 aromatic heterocycles. The van der Waals surface area contributed by atoms with Crippen molar-refractivity contribution in [2.75, 3.05) is 5.32 Å². The van der Waals surface area contributed by atoms with Crippen LogP contribution in [0.25, 0.3) is 0 Å². The van der Waals surface area contributed by atoms with Crippen LogP contribution < -0.4 is 5.32 Å². The van der Waals surface area contributed by atoms with Crippen molar-refractivity contribution < 1.29 is 13.6 Å². The lowest BCUT2D eigenvalue weighted by atomic mass is 9.49. The molecule has 5 rings (SSSR count). The molecule has 0 saturated heterocycles. The second-order valence-corrected chi connectivity index (χ2v) is 7.77. The van der Waals surface area contributed by atoms with Crippen molar-refractivity contribution in [1.29, 1.82) is 0 Å². The highest BCUT2D eigenvalue weighted by atomic mass is 19.1. The third-order valence-electron chi connectivity index (χ3n) is 5.90. The molecular formula is C18H21F2NO. The fraction of sp³-hybridized carbons (Fsp3) is 0.611. The van der Waals surface area contributed by atoms with Crippen LogP contribution in [0, 0.1) is 34.8 Å². The number of benzene rings is 1. The van der Waals surface area contributed by atoms with Crippen LogP contribution in [-0.4, -0.2) is 5.91 Å². The summed E-state index contributed by atoms with van der Waals surface area (Å²) in [5.41, 5.74) is 0.0672. The molecular weight excluding hydrogens is 284 g/mol. The first kappa shape index (κ1) is 14.2. The van der Waals surface area contributed by atoms with Crippen molar-refractivity contribution in [1.82, 2.24) is 0 Å². The van der Waals surface area contributed by atoms with Gasteiger partial charge in [-0.05, 0) is 73.8 Å². The minimum absolute atomic E-state index is 0.0465. The average Bonchev–Trinajstić information content (AvgIpc) is 2.40. The molecule has 4 bridgehead atoms. The van der Waals surface area contributed by atoms with E-state index in [0.29, 0.717) is 6.42 Å². The minimum Gasteiger partial charge on any atom is -0.323 e. The highest BCUT2D eigenvalue weighted by Gasteiger charge is 2.51. The van der Waals surface area contributed by atoms with Gasteiger partial charge in [0.05, 0.1) is 5.69 Å². The molecule has 1 aromatic rings. The first-order chi connectivity index (χ1) is 10.5. The molecule has 4 fully saturated rings. The quantitative estimate of drug-likeness (QED) is 0.874.